The van der Waals surface area contributed by atoms with Gasteiger partial charge < -0.3 is 14.5 Å². The summed E-state index contributed by atoms with van der Waals surface area (Å²) in [5, 5.41) is 0. The van der Waals surface area contributed by atoms with E-state index in [1.54, 1.807) is 11.8 Å². The van der Waals surface area contributed by atoms with Gasteiger partial charge in [-0.2, -0.15) is 0 Å². The van der Waals surface area contributed by atoms with E-state index in [0.717, 1.165) is 38.2 Å². The molecule has 0 saturated heterocycles. The van der Waals surface area contributed by atoms with Crippen LogP contribution in [0.2, 0.25) is 0 Å². The number of rotatable bonds is 13. The molecule has 0 radical (unpaired) electrons. The van der Waals surface area contributed by atoms with Crippen LogP contribution in [0.1, 0.15) is 59.3 Å². The van der Waals surface area contributed by atoms with Crippen molar-refractivity contribution in [2.45, 2.75) is 64.7 Å². The molecule has 0 aliphatic rings. The highest BCUT2D eigenvalue weighted by Gasteiger charge is 2.17. The highest BCUT2D eigenvalue weighted by Crippen LogP contribution is 2.14. The third-order valence-electron chi connectivity index (χ3n) is 3.48. The van der Waals surface area contributed by atoms with Crippen LogP contribution in [0.25, 0.3) is 0 Å². The van der Waals surface area contributed by atoms with Crippen LogP contribution in [0.3, 0.4) is 0 Å². The molecule has 0 spiro atoms. The summed E-state index contributed by atoms with van der Waals surface area (Å²) < 4.78 is 5.59. The molecular formula is C17H36N2O2S. The average molecular weight is 333 g/mol. The van der Waals surface area contributed by atoms with E-state index < -0.39 is 0 Å². The molecule has 1 unspecified atom stereocenters. The van der Waals surface area contributed by atoms with Crippen LogP contribution in [0.15, 0.2) is 0 Å². The van der Waals surface area contributed by atoms with Crippen LogP contribution < -0.4 is 0 Å². The normalized spacial score (nSPS) is 12.5. The van der Waals surface area contributed by atoms with Crippen LogP contribution in [0.4, 0.5) is 4.79 Å². The lowest BCUT2D eigenvalue weighted by Gasteiger charge is -2.24. The van der Waals surface area contributed by atoms with Crippen molar-refractivity contribution < 1.29 is 9.53 Å². The van der Waals surface area contributed by atoms with Crippen molar-refractivity contribution >= 4 is 17.9 Å². The zero-order chi connectivity index (χ0) is 16.8. The summed E-state index contributed by atoms with van der Waals surface area (Å²) >= 11 is 1.70. The lowest BCUT2D eigenvalue weighted by atomic mass is 10.2. The van der Waals surface area contributed by atoms with Gasteiger partial charge in [-0.15, -0.1) is 11.8 Å². The number of thioether (sulfide) groups is 1. The second-order valence-corrected chi connectivity index (χ2v) is 7.43. The van der Waals surface area contributed by atoms with E-state index in [9.17, 15) is 4.79 Å². The van der Waals surface area contributed by atoms with Crippen LogP contribution in [0.5, 0.6) is 0 Å². The topological polar surface area (TPSA) is 32.8 Å². The van der Waals surface area contributed by atoms with Gasteiger partial charge in [0.05, 0.1) is 0 Å². The molecule has 4 nitrogen and oxygen atoms in total. The molecule has 5 heteroatoms. The third-order valence-corrected chi connectivity index (χ3v) is 4.46. The summed E-state index contributed by atoms with van der Waals surface area (Å²) in [6, 6.07) is 0. The van der Waals surface area contributed by atoms with Crippen LogP contribution >= 0.6 is 11.8 Å². The van der Waals surface area contributed by atoms with Gasteiger partial charge in [-0.25, -0.2) is 4.79 Å². The largest absolute Gasteiger partial charge is 0.435 e. The lowest BCUT2D eigenvalue weighted by molar-refractivity contribution is 0.0963. The van der Waals surface area contributed by atoms with Crippen molar-refractivity contribution in [2.24, 2.45) is 0 Å². The maximum atomic E-state index is 12.3. The molecule has 1 amide bonds. The second kappa shape index (κ2) is 14.2. The van der Waals surface area contributed by atoms with Gasteiger partial charge in [0.25, 0.3) is 0 Å². The zero-order valence-corrected chi connectivity index (χ0v) is 16.1. The monoisotopic (exact) mass is 332 g/mol. The fourth-order valence-corrected chi connectivity index (χ4v) is 3.00. The Morgan fingerprint density at radius 3 is 2.00 bits per heavy atom. The first kappa shape index (κ1) is 21.6. The summed E-state index contributed by atoms with van der Waals surface area (Å²) in [7, 11) is 4.11. The van der Waals surface area contributed by atoms with Crippen molar-refractivity contribution in [2.75, 3.05) is 39.5 Å². The van der Waals surface area contributed by atoms with E-state index >= 15 is 0 Å². The molecule has 0 saturated carbocycles. The quantitative estimate of drug-likeness (QED) is 0.368. The number of amides is 1. The first-order chi connectivity index (χ1) is 10.5. The van der Waals surface area contributed by atoms with Crippen LogP contribution in [-0.2, 0) is 4.74 Å². The zero-order valence-electron chi connectivity index (χ0n) is 15.3. The third kappa shape index (κ3) is 12.2. The maximum Gasteiger partial charge on any atom is 0.410 e. The molecule has 0 aromatic carbocycles. The van der Waals surface area contributed by atoms with Gasteiger partial charge in [-0.3, -0.25) is 0 Å². The summed E-state index contributed by atoms with van der Waals surface area (Å²) in [5.41, 5.74) is -0.0766. The number of carbonyl (C=O) groups excluding carboxylic acids is 1. The van der Waals surface area contributed by atoms with E-state index in [0.29, 0.717) is 0 Å². The van der Waals surface area contributed by atoms with E-state index in [2.05, 4.69) is 32.8 Å². The van der Waals surface area contributed by atoms with E-state index in [1.165, 1.54) is 25.7 Å². The number of ether oxygens (including phenoxy) is 1. The number of nitrogens with zero attached hydrogens (tertiary/aromatic N) is 2. The first-order valence-corrected chi connectivity index (χ1v) is 9.78. The van der Waals surface area contributed by atoms with E-state index in [4.69, 9.17) is 4.74 Å². The molecule has 0 N–H and O–H groups in total. The Labute approximate surface area is 141 Å². The predicted octanol–water partition coefficient (Wildman–Crippen LogP) is 4.45. The molecular weight excluding hydrogens is 296 g/mol. The molecule has 0 fully saturated rings. The fraction of sp³-hybridized carbons (Fsp3) is 0.941. The highest BCUT2D eigenvalue weighted by molar-refractivity contribution is 7.99. The van der Waals surface area contributed by atoms with Gasteiger partial charge in [0.1, 0.15) is 5.44 Å². The summed E-state index contributed by atoms with van der Waals surface area (Å²) in [5.74, 6) is 0.979. The Bertz CT molecular complexity index is 265. The van der Waals surface area contributed by atoms with E-state index in [1.807, 2.05) is 11.8 Å². The molecule has 0 aliphatic heterocycles. The summed E-state index contributed by atoms with van der Waals surface area (Å²) in [4.78, 5) is 16.4. The minimum absolute atomic E-state index is 0.0766. The number of carbonyl (C=O) groups is 1. The highest BCUT2D eigenvalue weighted by atomic mass is 32.2. The van der Waals surface area contributed by atoms with Gasteiger partial charge in [0.15, 0.2) is 0 Å². The first-order valence-electron chi connectivity index (χ1n) is 8.73. The van der Waals surface area contributed by atoms with Gasteiger partial charge in [-0.05, 0) is 33.9 Å². The summed E-state index contributed by atoms with van der Waals surface area (Å²) in [6.45, 7) is 8.99. The van der Waals surface area contributed by atoms with E-state index in [-0.39, 0.29) is 11.5 Å². The Balaban J connectivity index is 4.16. The molecule has 0 bridgehead atoms. The second-order valence-electron chi connectivity index (χ2n) is 6.03. The molecule has 0 aromatic rings. The Morgan fingerprint density at radius 1 is 1.00 bits per heavy atom. The minimum atomic E-state index is -0.142. The Kier molecular flexibility index (Phi) is 13.9. The van der Waals surface area contributed by atoms with Crippen molar-refractivity contribution in [1.29, 1.82) is 0 Å². The predicted molar refractivity (Wildman–Crippen MR) is 97.6 cm³/mol. The molecule has 0 aromatic heterocycles. The molecule has 1 atom stereocenters. The van der Waals surface area contributed by atoms with Crippen molar-refractivity contribution in [3.63, 3.8) is 0 Å². The Morgan fingerprint density at radius 2 is 1.55 bits per heavy atom. The van der Waals surface area contributed by atoms with Crippen LogP contribution in [0, 0.1) is 0 Å². The number of hydrogen-bond donors (Lipinski definition) is 0. The van der Waals surface area contributed by atoms with Gasteiger partial charge in [0, 0.05) is 25.4 Å². The molecule has 132 valence electrons. The fourth-order valence-electron chi connectivity index (χ4n) is 2.05. The van der Waals surface area contributed by atoms with Crippen molar-refractivity contribution in [3.05, 3.63) is 0 Å². The molecule has 0 heterocycles. The van der Waals surface area contributed by atoms with Crippen LogP contribution in [-0.4, -0.2) is 60.8 Å². The smallest absolute Gasteiger partial charge is 0.410 e. The maximum absolute atomic E-state index is 12.3. The van der Waals surface area contributed by atoms with Crippen molar-refractivity contribution in [3.8, 4) is 0 Å². The standard InChI is InChI=1S/C17H36N2O2S/c1-6-8-10-12-19(13-11-9-7-2)17(20)21-16(3)22-15-14-18(4)5/h16H,6-15H2,1-5H3. The summed E-state index contributed by atoms with van der Waals surface area (Å²) in [6.07, 6.45) is 6.69. The van der Waals surface area contributed by atoms with Gasteiger partial charge in [0.2, 0.25) is 0 Å². The minimum Gasteiger partial charge on any atom is -0.435 e. The van der Waals surface area contributed by atoms with Crippen molar-refractivity contribution in [1.82, 2.24) is 9.80 Å². The molecule has 0 rings (SSSR count). The Hall–Kier alpha value is -0.420. The lowest BCUT2D eigenvalue weighted by Crippen LogP contribution is -2.35. The SMILES string of the molecule is CCCCCN(CCCCC)C(=O)OC(C)SCCN(C)C. The molecule has 0 aliphatic carbocycles. The molecule has 22 heavy (non-hydrogen) atoms. The number of unbranched alkanes of at least 4 members (excludes halogenated alkanes) is 4. The van der Waals surface area contributed by atoms with Gasteiger partial charge >= 0.3 is 6.09 Å². The van der Waals surface area contributed by atoms with Gasteiger partial charge in [-0.1, -0.05) is 39.5 Å². The number of hydrogen-bond acceptors (Lipinski definition) is 4. The average Bonchev–Trinajstić information content (AvgIpc) is 2.45.